The van der Waals surface area contributed by atoms with Crippen LogP contribution < -0.4 is 9.62 Å². The number of amides is 1. The standard InChI is InChI=1S/C18H22ClN3O3S/c1-21(2)13-12-20-18(23)14-4-8-16(9-5-14)22(3)26(24,25)17-10-6-15(19)7-11-17/h4-11H,12-13H2,1-3H3,(H,20,23). The monoisotopic (exact) mass is 395 g/mol. The smallest absolute Gasteiger partial charge is 0.264 e. The fourth-order valence-corrected chi connectivity index (χ4v) is 3.54. The largest absolute Gasteiger partial charge is 0.351 e. The summed E-state index contributed by atoms with van der Waals surface area (Å²) in [7, 11) is 1.63. The van der Waals surface area contributed by atoms with Crippen LogP contribution in [0.3, 0.4) is 0 Å². The summed E-state index contributed by atoms with van der Waals surface area (Å²) in [6, 6.07) is 12.4. The predicted octanol–water partition coefficient (Wildman–Crippen LogP) is 2.46. The quantitative estimate of drug-likeness (QED) is 0.781. The van der Waals surface area contributed by atoms with Crippen LogP contribution in [0.15, 0.2) is 53.4 Å². The van der Waals surface area contributed by atoms with Gasteiger partial charge in [0, 0.05) is 30.7 Å². The van der Waals surface area contributed by atoms with Gasteiger partial charge in [0.2, 0.25) is 0 Å². The number of rotatable bonds is 7. The molecule has 0 heterocycles. The molecule has 0 aliphatic rings. The maximum atomic E-state index is 12.7. The van der Waals surface area contributed by atoms with Crippen molar-refractivity contribution in [2.75, 3.05) is 38.5 Å². The van der Waals surface area contributed by atoms with E-state index in [1.807, 2.05) is 19.0 Å². The Hall–Kier alpha value is -2.09. The van der Waals surface area contributed by atoms with Crippen molar-refractivity contribution < 1.29 is 13.2 Å². The zero-order chi connectivity index (χ0) is 19.3. The Labute approximate surface area is 159 Å². The van der Waals surface area contributed by atoms with Gasteiger partial charge in [0.25, 0.3) is 15.9 Å². The molecule has 140 valence electrons. The van der Waals surface area contributed by atoms with Crippen LogP contribution in [0.5, 0.6) is 0 Å². The van der Waals surface area contributed by atoms with E-state index < -0.39 is 10.0 Å². The van der Waals surface area contributed by atoms with Crippen LogP contribution in [0.4, 0.5) is 5.69 Å². The minimum Gasteiger partial charge on any atom is -0.351 e. The van der Waals surface area contributed by atoms with Crippen molar-refractivity contribution in [2.45, 2.75) is 4.90 Å². The summed E-state index contributed by atoms with van der Waals surface area (Å²) in [5.74, 6) is -0.193. The second-order valence-electron chi connectivity index (χ2n) is 6.03. The van der Waals surface area contributed by atoms with Gasteiger partial charge in [-0.2, -0.15) is 0 Å². The molecule has 1 amide bonds. The van der Waals surface area contributed by atoms with Gasteiger partial charge in [0.05, 0.1) is 10.6 Å². The maximum absolute atomic E-state index is 12.7. The molecule has 26 heavy (non-hydrogen) atoms. The predicted molar refractivity (Wildman–Crippen MR) is 104 cm³/mol. The van der Waals surface area contributed by atoms with Crippen LogP contribution in [0.1, 0.15) is 10.4 Å². The zero-order valence-corrected chi connectivity index (χ0v) is 16.5. The lowest BCUT2D eigenvalue weighted by Crippen LogP contribution is -2.31. The molecular weight excluding hydrogens is 374 g/mol. The summed E-state index contributed by atoms with van der Waals surface area (Å²) in [6.45, 7) is 1.28. The summed E-state index contributed by atoms with van der Waals surface area (Å²) in [4.78, 5) is 14.2. The molecule has 2 aromatic rings. The van der Waals surface area contributed by atoms with Gasteiger partial charge in [-0.3, -0.25) is 9.10 Å². The molecule has 8 heteroatoms. The van der Waals surface area contributed by atoms with E-state index in [1.54, 1.807) is 24.3 Å². The Morgan fingerprint density at radius 3 is 2.12 bits per heavy atom. The highest BCUT2D eigenvalue weighted by Crippen LogP contribution is 2.23. The van der Waals surface area contributed by atoms with E-state index in [1.165, 1.54) is 35.6 Å². The molecule has 0 fully saturated rings. The third-order valence-electron chi connectivity index (χ3n) is 3.81. The fourth-order valence-electron chi connectivity index (χ4n) is 2.22. The first-order chi connectivity index (χ1) is 12.2. The molecule has 6 nitrogen and oxygen atoms in total. The molecule has 0 radical (unpaired) electrons. The summed E-state index contributed by atoms with van der Waals surface area (Å²) in [6.07, 6.45) is 0. The van der Waals surface area contributed by atoms with E-state index in [0.717, 1.165) is 6.54 Å². The van der Waals surface area contributed by atoms with Gasteiger partial charge in [-0.25, -0.2) is 8.42 Å². The molecule has 0 aliphatic heterocycles. The van der Waals surface area contributed by atoms with Crippen LogP contribution in [0, 0.1) is 0 Å². The molecule has 0 spiro atoms. The Kier molecular flexibility index (Phi) is 6.63. The first kappa shape index (κ1) is 20.2. The highest BCUT2D eigenvalue weighted by molar-refractivity contribution is 7.92. The second-order valence-corrected chi connectivity index (χ2v) is 8.44. The van der Waals surface area contributed by atoms with Crippen LogP contribution in [0.2, 0.25) is 5.02 Å². The first-order valence-electron chi connectivity index (χ1n) is 7.99. The summed E-state index contributed by atoms with van der Waals surface area (Å²) < 4.78 is 26.5. The van der Waals surface area contributed by atoms with Crippen molar-refractivity contribution >= 4 is 33.2 Å². The normalized spacial score (nSPS) is 11.4. The van der Waals surface area contributed by atoms with Gasteiger partial charge in [-0.15, -0.1) is 0 Å². The molecule has 2 rings (SSSR count). The van der Waals surface area contributed by atoms with E-state index in [9.17, 15) is 13.2 Å². The van der Waals surface area contributed by atoms with Gasteiger partial charge in [0.15, 0.2) is 0 Å². The number of sulfonamides is 1. The molecule has 1 N–H and O–H groups in total. The third kappa shape index (κ3) is 4.97. The molecule has 0 saturated heterocycles. The molecule has 0 atom stereocenters. The van der Waals surface area contributed by atoms with Crippen molar-refractivity contribution in [3.63, 3.8) is 0 Å². The van der Waals surface area contributed by atoms with E-state index >= 15 is 0 Å². The number of nitrogens with zero attached hydrogens (tertiary/aromatic N) is 2. The highest BCUT2D eigenvalue weighted by Gasteiger charge is 2.21. The number of anilines is 1. The van der Waals surface area contributed by atoms with Crippen molar-refractivity contribution in [3.8, 4) is 0 Å². The van der Waals surface area contributed by atoms with Gasteiger partial charge < -0.3 is 10.2 Å². The highest BCUT2D eigenvalue weighted by atomic mass is 35.5. The molecule has 0 aliphatic carbocycles. The van der Waals surface area contributed by atoms with E-state index in [2.05, 4.69) is 5.32 Å². The van der Waals surface area contributed by atoms with Crippen molar-refractivity contribution in [1.29, 1.82) is 0 Å². The topological polar surface area (TPSA) is 69.7 Å². The van der Waals surface area contributed by atoms with Crippen molar-refractivity contribution in [1.82, 2.24) is 10.2 Å². The number of halogens is 1. The van der Waals surface area contributed by atoms with Gasteiger partial charge >= 0.3 is 0 Å². The second kappa shape index (κ2) is 8.53. The molecule has 2 aromatic carbocycles. The number of carbonyl (C=O) groups is 1. The number of hydrogen-bond acceptors (Lipinski definition) is 4. The van der Waals surface area contributed by atoms with Crippen LogP contribution in [-0.4, -0.2) is 53.5 Å². The maximum Gasteiger partial charge on any atom is 0.264 e. The molecule has 0 unspecified atom stereocenters. The zero-order valence-electron chi connectivity index (χ0n) is 14.9. The Bertz CT molecular complexity index is 850. The third-order valence-corrected chi connectivity index (χ3v) is 5.86. The number of likely N-dealkylation sites (N-methyl/N-ethyl adjacent to an activating group) is 1. The Morgan fingerprint density at radius 1 is 1.00 bits per heavy atom. The van der Waals surface area contributed by atoms with Crippen molar-refractivity contribution in [2.24, 2.45) is 0 Å². The van der Waals surface area contributed by atoms with Crippen LogP contribution in [-0.2, 0) is 10.0 Å². The van der Waals surface area contributed by atoms with Gasteiger partial charge in [-0.1, -0.05) is 11.6 Å². The van der Waals surface area contributed by atoms with E-state index in [4.69, 9.17) is 11.6 Å². The number of benzene rings is 2. The van der Waals surface area contributed by atoms with E-state index in [-0.39, 0.29) is 10.8 Å². The first-order valence-corrected chi connectivity index (χ1v) is 9.81. The number of hydrogen-bond donors (Lipinski definition) is 1. The van der Waals surface area contributed by atoms with Crippen LogP contribution in [0.25, 0.3) is 0 Å². The number of carbonyl (C=O) groups excluding carboxylic acids is 1. The molecule has 0 saturated carbocycles. The minimum absolute atomic E-state index is 0.148. The van der Waals surface area contributed by atoms with Gasteiger partial charge in [0.1, 0.15) is 0 Å². The van der Waals surface area contributed by atoms with E-state index in [0.29, 0.717) is 22.8 Å². The average molecular weight is 396 g/mol. The molecule has 0 bridgehead atoms. The lowest BCUT2D eigenvalue weighted by Gasteiger charge is -2.20. The molecule has 0 aromatic heterocycles. The lowest BCUT2D eigenvalue weighted by atomic mass is 10.2. The summed E-state index contributed by atoms with van der Waals surface area (Å²) in [5.41, 5.74) is 0.939. The summed E-state index contributed by atoms with van der Waals surface area (Å²) in [5, 5.41) is 3.28. The number of nitrogens with one attached hydrogen (secondary N) is 1. The Morgan fingerprint density at radius 2 is 1.58 bits per heavy atom. The van der Waals surface area contributed by atoms with Gasteiger partial charge in [-0.05, 0) is 62.6 Å². The SMILES string of the molecule is CN(C)CCNC(=O)c1ccc(N(C)S(=O)(=O)c2ccc(Cl)cc2)cc1. The van der Waals surface area contributed by atoms with Crippen molar-refractivity contribution in [3.05, 3.63) is 59.1 Å². The fraction of sp³-hybridized carbons (Fsp3) is 0.278. The van der Waals surface area contributed by atoms with Crippen LogP contribution >= 0.6 is 11.6 Å². The summed E-state index contributed by atoms with van der Waals surface area (Å²) >= 11 is 5.81. The minimum atomic E-state index is -3.70. The Balaban J connectivity index is 2.11. The molecular formula is C18H22ClN3O3S. The lowest BCUT2D eigenvalue weighted by molar-refractivity contribution is 0.0951. The average Bonchev–Trinajstić information content (AvgIpc) is 2.61.